The summed E-state index contributed by atoms with van der Waals surface area (Å²) in [5.41, 5.74) is 1.02. The highest BCUT2D eigenvalue weighted by atomic mass is 16.3. The minimum atomic E-state index is -0.400. The quantitative estimate of drug-likeness (QED) is 0.895. The van der Waals surface area contributed by atoms with Crippen LogP contribution in [0.15, 0.2) is 30.3 Å². The summed E-state index contributed by atoms with van der Waals surface area (Å²) >= 11 is 0. The molecule has 0 heterocycles. The first-order valence-corrected chi connectivity index (χ1v) is 7.54. The molecule has 0 aliphatic heterocycles. The average molecular weight is 261 g/mol. The maximum Gasteiger partial charge on any atom is 0.0942 e. The van der Waals surface area contributed by atoms with Crippen molar-refractivity contribution in [2.75, 3.05) is 7.05 Å². The van der Waals surface area contributed by atoms with Gasteiger partial charge in [0.2, 0.25) is 0 Å². The molecule has 1 aromatic carbocycles. The third kappa shape index (κ3) is 3.58. The summed E-state index contributed by atoms with van der Waals surface area (Å²) < 4.78 is 0. The standard InChI is InChI=1S/C17H27NO/c1-13-8-7-11-16(12-13)18(3)14(2)17(19)15-9-5-4-6-10-15/h4-6,9-10,13-14,16-17,19H,7-8,11-12H2,1-3H3. The Morgan fingerprint density at radius 3 is 2.53 bits per heavy atom. The predicted octanol–water partition coefficient (Wildman–Crippen LogP) is 3.62. The van der Waals surface area contributed by atoms with Gasteiger partial charge < -0.3 is 5.11 Å². The predicted molar refractivity (Wildman–Crippen MR) is 80.0 cm³/mol. The largest absolute Gasteiger partial charge is 0.387 e. The highest BCUT2D eigenvalue weighted by Gasteiger charge is 2.28. The Hall–Kier alpha value is -0.860. The fraction of sp³-hybridized carbons (Fsp3) is 0.647. The van der Waals surface area contributed by atoms with E-state index in [1.54, 1.807) is 0 Å². The molecule has 2 nitrogen and oxygen atoms in total. The number of hydrogen-bond acceptors (Lipinski definition) is 2. The zero-order chi connectivity index (χ0) is 13.8. The zero-order valence-corrected chi connectivity index (χ0v) is 12.4. The number of nitrogens with zero attached hydrogens (tertiary/aromatic N) is 1. The van der Waals surface area contributed by atoms with Crippen LogP contribution in [0.4, 0.5) is 0 Å². The van der Waals surface area contributed by atoms with Crippen LogP contribution < -0.4 is 0 Å². The van der Waals surface area contributed by atoms with Gasteiger partial charge in [0.05, 0.1) is 6.10 Å². The van der Waals surface area contributed by atoms with Crippen molar-refractivity contribution in [1.82, 2.24) is 4.90 Å². The maximum absolute atomic E-state index is 10.5. The molecule has 4 atom stereocenters. The molecule has 0 spiro atoms. The summed E-state index contributed by atoms with van der Waals surface area (Å²) in [5, 5.41) is 10.5. The first-order valence-electron chi connectivity index (χ1n) is 7.54. The number of hydrogen-bond donors (Lipinski definition) is 1. The van der Waals surface area contributed by atoms with E-state index < -0.39 is 6.10 Å². The normalized spacial score (nSPS) is 27.2. The highest BCUT2D eigenvalue weighted by Crippen LogP contribution is 2.30. The van der Waals surface area contributed by atoms with Crippen LogP contribution in [-0.2, 0) is 0 Å². The van der Waals surface area contributed by atoms with Crippen LogP contribution in [0.2, 0.25) is 0 Å². The molecule has 106 valence electrons. The lowest BCUT2D eigenvalue weighted by atomic mass is 9.85. The molecule has 4 unspecified atom stereocenters. The molecule has 0 amide bonds. The molecule has 0 bridgehead atoms. The van der Waals surface area contributed by atoms with Crippen molar-refractivity contribution in [1.29, 1.82) is 0 Å². The minimum absolute atomic E-state index is 0.165. The molecule has 1 aromatic rings. The van der Waals surface area contributed by atoms with E-state index in [1.165, 1.54) is 25.7 Å². The van der Waals surface area contributed by atoms with Crippen molar-refractivity contribution in [3.05, 3.63) is 35.9 Å². The molecule has 0 radical (unpaired) electrons. The summed E-state index contributed by atoms with van der Waals surface area (Å²) in [6, 6.07) is 10.8. The second kappa shape index (κ2) is 6.53. The third-order valence-electron chi connectivity index (χ3n) is 4.73. The minimum Gasteiger partial charge on any atom is -0.387 e. The van der Waals surface area contributed by atoms with Crippen molar-refractivity contribution in [3.8, 4) is 0 Å². The van der Waals surface area contributed by atoms with E-state index in [4.69, 9.17) is 0 Å². The van der Waals surface area contributed by atoms with Crippen molar-refractivity contribution in [3.63, 3.8) is 0 Å². The van der Waals surface area contributed by atoms with Crippen LogP contribution in [0.1, 0.15) is 51.2 Å². The van der Waals surface area contributed by atoms with Crippen LogP contribution in [0.5, 0.6) is 0 Å². The molecule has 0 saturated heterocycles. The van der Waals surface area contributed by atoms with E-state index in [-0.39, 0.29) is 6.04 Å². The van der Waals surface area contributed by atoms with Gasteiger partial charge in [0.15, 0.2) is 0 Å². The Labute approximate surface area is 117 Å². The van der Waals surface area contributed by atoms with Crippen molar-refractivity contribution in [2.24, 2.45) is 5.92 Å². The molecule has 2 heteroatoms. The molecule has 1 aliphatic rings. The molecular weight excluding hydrogens is 234 g/mol. The molecule has 1 fully saturated rings. The van der Waals surface area contributed by atoms with E-state index in [1.807, 2.05) is 30.3 Å². The topological polar surface area (TPSA) is 23.5 Å². The van der Waals surface area contributed by atoms with Crippen LogP contribution in [-0.4, -0.2) is 29.1 Å². The lowest BCUT2D eigenvalue weighted by molar-refractivity contribution is 0.0327. The second-order valence-corrected chi connectivity index (χ2v) is 6.19. The first kappa shape index (κ1) is 14.5. The first-order chi connectivity index (χ1) is 9.09. The summed E-state index contributed by atoms with van der Waals surface area (Å²) in [5.74, 6) is 0.822. The van der Waals surface area contributed by atoms with Crippen LogP contribution in [0.3, 0.4) is 0 Å². The molecule has 19 heavy (non-hydrogen) atoms. The van der Waals surface area contributed by atoms with Gasteiger partial charge in [-0.25, -0.2) is 0 Å². The summed E-state index contributed by atoms with van der Waals surface area (Å²) in [6.45, 7) is 4.48. The van der Waals surface area contributed by atoms with E-state index in [0.717, 1.165) is 11.5 Å². The van der Waals surface area contributed by atoms with Crippen LogP contribution in [0, 0.1) is 5.92 Å². The Bertz CT molecular complexity index is 378. The van der Waals surface area contributed by atoms with Gasteiger partial charge in [-0.2, -0.15) is 0 Å². The molecule has 1 N–H and O–H groups in total. The highest BCUT2D eigenvalue weighted by molar-refractivity contribution is 5.18. The van der Waals surface area contributed by atoms with Gasteiger partial charge in [0.25, 0.3) is 0 Å². The van der Waals surface area contributed by atoms with Gasteiger partial charge in [0.1, 0.15) is 0 Å². The van der Waals surface area contributed by atoms with Crippen molar-refractivity contribution >= 4 is 0 Å². The number of aliphatic hydroxyl groups excluding tert-OH is 1. The molecule has 0 aromatic heterocycles. The second-order valence-electron chi connectivity index (χ2n) is 6.19. The van der Waals surface area contributed by atoms with Crippen LogP contribution in [0.25, 0.3) is 0 Å². The monoisotopic (exact) mass is 261 g/mol. The van der Waals surface area contributed by atoms with E-state index >= 15 is 0 Å². The van der Waals surface area contributed by atoms with E-state index in [0.29, 0.717) is 6.04 Å². The molecule has 1 saturated carbocycles. The van der Waals surface area contributed by atoms with Gasteiger partial charge >= 0.3 is 0 Å². The molecular formula is C17H27NO. The fourth-order valence-corrected chi connectivity index (χ4v) is 3.26. The molecule has 1 aliphatic carbocycles. The number of likely N-dealkylation sites (N-methyl/N-ethyl adjacent to an activating group) is 1. The van der Waals surface area contributed by atoms with Crippen LogP contribution >= 0.6 is 0 Å². The Morgan fingerprint density at radius 2 is 1.89 bits per heavy atom. The van der Waals surface area contributed by atoms with E-state index in [9.17, 15) is 5.11 Å². The summed E-state index contributed by atoms with van der Waals surface area (Å²) in [7, 11) is 2.17. The Morgan fingerprint density at radius 1 is 1.21 bits per heavy atom. The zero-order valence-electron chi connectivity index (χ0n) is 12.4. The van der Waals surface area contributed by atoms with Gasteiger partial charge in [-0.1, -0.05) is 50.1 Å². The lowest BCUT2D eigenvalue weighted by Crippen LogP contribution is -2.43. The van der Waals surface area contributed by atoms with Crippen molar-refractivity contribution < 1.29 is 5.11 Å². The Kier molecular flexibility index (Phi) is 5.00. The number of rotatable bonds is 4. The summed E-state index contributed by atoms with van der Waals surface area (Å²) in [4.78, 5) is 2.38. The Balaban J connectivity index is 2.00. The van der Waals surface area contributed by atoms with Gasteiger partial charge in [-0.15, -0.1) is 0 Å². The number of benzene rings is 1. The SMILES string of the molecule is CC1CCCC(N(C)C(C)C(O)c2ccccc2)C1. The average Bonchev–Trinajstić information content (AvgIpc) is 2.46. The fourth-order valence-electron chi connectivity index (χ4n) is 3.26. The lowest BCUT2D eigenvalue weighted by Gasteiger charge is -2.39. The third-order valence-corrected chi connectivity index (χ3v) is 4.73. The number of aliphatic hydroxyl groups is 1. The summed E-state index contributed by atoms with van der Waals surface area (Å²) in [6.07, 6.45) is 4.82. The van der Waals surface area contributed by atoms with E-state index in [2.05, 4.69) is 25.8 Å². The maximum atomic E-state index is 10.5. The molecule has 2 rings (SSSR count). The van der Waals surface area contributed by atoms with Gasteiger partial charge in [-0.05, 0) is 38.3 Å². The van der Waals surface area contributed by atoms with Crippen molar-refractivity contribution in [2.45, 2.75) is 57.7 Å². The van der Waals surface area contributed by atoms with Gasteiger partial charge in [0, 0.05) is 12.1 Å². The smallest absolute Gasteiger partial charge is 0.0942 e. The van der Waals surface area contributed by atoms with Gasteiger partial charge in [-0.3, -0.25) is 4.90 Å².